The van der Waals surface area contributed by atoms with Crippen molar-refractivity contribution in [2.24, 2.45) is 5.92 Å². The summed E-state index contributed by atoms with van der Waals surface area (Å²) in [7, 11) is 1.56. The number of methoxy groups -OCH3 is 1. The van der Waals surface area contributed by atoms with Crippen molar-refractivity contribution < 1.29 is 28.2 Å². The lowest BCUT2D eigenvalue weighted by molar-refractivity contribution is -0.148. The van der Waals surface area contributed by atoms with E-state index in [0.717, 1.165) is 5.56 Å². The van der Waals surface area contributed by atoms with Crippen molar-refractivity contribution >= 4 is 17.8 Å². The highest BCUT2D eigenvalue weighted by Crippen LogP contribution is 2.43. The fourth-order valence-electron chi connectivity index (χ4n) is 5.21. The number of benzene rings is 3. The van der Waals surface area contributed by atoms with E-state index < -0.39 is 29.9 Å². The Morgan fingerprint density at radius 1 is 0.951 bits per heavy atom. The van der Waals surface area contributed by atoms with Gasteiger partial charge >= 0.3 is 5.97 Å². The van der Waals surface area contributed by atoms with Gasteiger partial charge in [0.2, 0.25) is 5.91 Å². The molecule has 0 spiro atoms. The highest BCUT2D eigenvalue weighted by molar-refractivity contribution is 5.99. The summed E-state index contributed by atoms with van der Waals surface area (Å²) in [6.07, 6.45) is 0.0938. The van der Waals surface area contributed by atoms with Crippen LogP contribution in [0.25, 0.3) is 0 Å². The lowest BCUT2D eigenvalue weighted by Crippen LogP contribution is -2.46. The van der Waals surface area contributed by atoms with Crippen LogP contribution in [-0.2, 0) is 26.3 Å². The summed E-state index contributed by atoms with van der Waals surface area (Å²) in [6.45, 7) is 8.33. The Kier molecular flexibility index (Phi) is 9.11. The molecule has 4 rings (SSSR count). The second-order valence-electron chi connectivity index (χ2n) is 11.2. The zero-order valence-corrected chi connectivity index (χ0v) is 24.1. The van der Waals surface area contributed by atoms with Gasteiger partial charge in [0.05, 0.1) is 25.7 Å². The summed E-state index contributed by atoms with van der Waals surface area (Å²) >= 11 is 0. The van der Waals surface area contributed by atoms with E-state index in [-0.39, 0.29) is 36.7 Å². The first kappa shape index (κ1) is 29.8. The fourth-order valence-corrected chi connectivity index (χ4v) is 5.21. The van der Waals surface area contributed by atoms with Gasteiger partial charge < -0.3 is 19.7 Å². The molecular weight excluding hydrogens is 523 g/mol. The number of hydrogen-bond acceptors (Lipinski definition) is 5. The third-order valence-corrected chi connectivity index (χ3v) is 7.46. The Hall–Kier alpha value is -4.20. The molecular formula is C33H37FN2O5. The first-order valence-corrected chi connectivity index (χ1v) is 13.8. The van der Waals surface area contributed by atoms with E-state index in [4.69, 9.17) is 9.47 Å². The second kappa shape index (κ2) is 12.5. The monoisotopic (exact) mass is 560 g/mol. The molecule has 8 heteroatoms. The van der Waals surface area contributed by atoms with Crippen LogP contribution in [0.1, 0.15) is 67.2 Å². The Morgan fingerprint density at radius 2 is 1.59 bits per heavy atom. The molecule has 3 aromatic carbocycles. The van der Waals surface area contributed by atoms with Crippen LogP contribution >= 0.6 is 0 Å². The Labute approximate surface area is 240 Å². The maximum atomic E-state index is 14.2. The second-order valence-corrected chi connectivity index (χ2v) is 11.2. The number of nitrogens with zero attached hydrogens (tertiary/aromatic N) is 1. The van der Waals surface area contributed by atoms with E-state index in [1.807, 2.05) is 12.1 Å². The van der Waals surface area contributed by atoms with Crippen LogP contribution in [0.5, 0.6) is 5.75 Å². The number of ether oxygens (including phenoxy) is 2. The molecule has 1 fully saturated rings. The summed E-state index contributed by atoms with van der Waals surface area (Å²) in [4.78, 5) is 42.6. The van der Waals surface area contributed by atoms with Gasteiger partial charge in [-0.15, -0.1) is 0 Å². The van der Waals surface area contributed by atoms with E-state index in [9.17, 15) is 18.8 Å². The summed E-state index contributed by atoms with van der Waals surface area (Å²) < 4.78 is 24.1. The zero-order chi connectivity index (χ0) is 29.7. The van der Waals surface area contributed by atoms with E-state index in [2.05, 4.69) is 26.1 Å². The summed E-state index contributed by atoms with van der Waals surface area (Å²) in [5.41, 5.74) is 2.79. The van der Waals surface area contributed by atoms with Gasteiger partial charge in [-0.2, -0.15) is 0 Å². The zero-order valence-electron chi connectivity index (χ0n) is 24.1. The Bertz CT molecular complexity index is 1360. The topological polar surface area (TPSA) is 84.9 Å². The molecule has 3 atom stereocenters. The largest absolute Gasteiger partial charge is 0.497 e. The van der Waals surface area contributed by atoms with E-state index >= 15 is 0 Å². The standard InChI is InChI=1S/C33H37FN2O5/c1-6-41-32(39)27-19-28(30(37)35-20-21-7-15-25(34)16-8-21)36(29(27)22-11-17-26(40-5)18-12-22)31(38)23-9-13-24(14-10-23)33(2,3)4/h7-18,27-29H,6,19-20H2,1-5H3,(H,35,37). The van der Waals surface area contributed by atoms with Crippen molar-refractivity contribution in [1.29, 1.82) is 0 Å². The number of amides is 2. The number of likely N-dealkylation sites (tertiary alicyclic amines) is 1. The molecule has 1 aliphatic heterocycles. The molecule has 41 heavy (non-hydrogen) atoms. The van der Waals surface area contributed by atoms with Crippen LogP contribution in [0.15, 0.2) is 72.8 Å². The van der Waals surface area contributed by atoms with Crippen molar-refractivity contribution in [1.82, 2.24) is 10.2 Å². The van der Waals surface area contributed by atoms with Gasteiger partial charge in [-0.3, -0.25) is 14.4 Å². The van der Waals surface area contributed by atoms with Crippen molar-refractivity contribution in [3.63, 3.8) is 0 Å². The molecule has 0 aromatic heterocycles. The molecule has 2 amide bonds. The maximum absolute atomic E-state index is 14.2. The number of esters is 1. The fraction of sp³-hybridized carbons (Fsp3) is 0.364. The molecule has 7 nitrogen and oxygen atoms in total. The van der Waals surface area contributed by atoms with E-state index in [1.165, 1.54) is 17.0 Å². The molecule has 1 aliphatic rings. The smallest absolute Gasteiger partial charge is 0.311 e. The van der Waals surface area contributed by atoms with E-state index in [0.29, 0.717) is 22.4 Å². The van der Waals surface area contributed by atoms with Gasteiger partial charge in [-0.05, 0) is 71.8 Å². The summed E-state index contributed by atoms with van der Waals surface area (Å²) in [5, 5.41) is 2.88. The molecule has 0 radical (unpaired) electrons. The van der Waals surface area contributed by atoms with Crippen LogP contribution in [-0.4, -0.2) is 42.4 Å². The number of halogens is 1. The van der Waals surface area contributed by atoms with Gasteiger partial charge in [-0.25, -0.2) is 4.39 Å². The molecule has 1 N–H and O–H groups in total. The summed E-state index contributed by atoms with van der Waals surface area (Å²) in [6, 6.07) is 18.6. The summed E-state index contributed by atoms with van der Waals surface area (Å²) in [5.74, 6) is -1.74. The molecule has 1 heterocycles. The van der Waals surface area contributed by atoms with Crippen molar-refractivity contribution in [3.8, 4) is 5.75 Å². The third kappa shape index (κ3) is 6.76. The predicted molar refractivity (Wildman–Crippen MR) is 154 cm³/mol. The van der Waals surface area contributed by atoms with Gasteiger partial charge in [0.25, 0.3) is 5.91 Å². The van der Waals surface area contributed by atoms with Crippen LogP contribution in [0.3, 0.4) is 0 Å². The molecule has 1 saturated heterocycles. The lowest BCUT2D eigenvalue weighted by Gasteiger charge is -2.31. The van der Waals surface area contributed by atoms with E-state index in [1.54, 1.807) is 62.6 Å². The highest BCUT2D eigenvalue weighted by Gasteiger charge is 2.51. The van der Waals surface area contributed by atoms with Crippen LogP contribution < -0.4 is 10.1 Å². The van der Waals surface area contributed by atoms with Crippen LogP contribution in [0.2, 0.25) is 0 Å². The average Bonchev–Trinajstić information content (AvgIpc) is 3.37. The van der Waals surface area contributed by atoms with Gasteiger partial charge in [0.15, 0.2) is 0 Å². The van der Waals surface area contributed by atoms with Crippen molar-refractivity contribution in [2.45, 2.75) is 58.2 Å². The van der Waals surface area contributed by atoms with Crippen molar-refractivity contribution in [2.75, 3.05) is 13.7 Å². The number of carbonyl (C=O) groups excluding carboxylic acids is 3. The van der Waals surface area contributed by atoms with Crippen LogP contribution in [0.4, 0.5) is 4.39 Å². The molecule has 0 bridgehead atoms. The minimum absolute atomic E-state index is 0.0938. The molecule has 0 saturated carbocycles. The van der Waals surface area contributed by atoms with Crippen LogP contribution in [0, 0.1) is 11.7 Å². The Balaban J connectivity index is 1.73. The quantitative estimate of drug-likeness (QED) is 0.364. The average molecular weight is 561 g/mol. The predicted octanol–water partition coefficient (Wildman–Crippen LogP) is 5.58. The molecule has 3 unspecified atom stereocenters. The SMILES string of the molecule is CCOC(=O)C1CC(C(=O)NCc2ccc(F)cc2)N(C(=O)c2ccc(C(C)(C)C)cc2)C1c1ccc(OC)cc1. The van der Waals surface area contributed by atoms with Gasteiger partial charge in [0, 0.05) is 12.1 Å². The number of hydrogen-bond donors (Lipinski definition) is 1. The first-order chi connectivity index (χ1) is 19.5. The maximum Gasteiger partial charge on any atom is 0.311 e. The Morgan fingerprint density at radius 3 is 2.15 bits per heavy atom. The number of carbonyl (C=O) groups is 3. The number of rotatable bonds is 8. The third-order valence-electron chi connectivity index (χ3n) is 7.46. The molecule has 3 aromatic rings. The lowest BCUT2D eigenvalue weighted by atomic mass is 9.86. The van der Waals surface area contributed by atoms with Gasteiger partial charge in [0.1, 0.15) is 17.6 Å². The molecule has 0 aliphatic carbocycles. The number of nitrogens with one attached hydrogen (secondary N) is 1. The van der Waals surface area contributed by atoms with Gasteiger partial charge in [-0.1, -0.05) is 57.2 Å². The normalized spacial score (nSPS) is 18.6. The minimum Gasteiger partial charge on any atom is -0.497 e. The molecule has 216 valence electrons. The minimum atomic E-state index is -0.938. The first-order valence-electron chi connectivity index (χ1n) is 13.8. The van der Waals surface area contributed by atoms with Crippen molar-refractivity contribution in [3.05, 3.63) is 101 Å². The highest BCUT2D eigenvalue weighted by atomic mass is 19.1.